The van der Waals surface area contributed by atoms with Crippen molar-refractivity contribution in [3.8, 4) is 0 Å². The van der Waals surface area contributed by atoms with E-state index in [-0.39, 0.29) is 5.97 Å². The van der Waals surface area contributed by atoms with Gasteiger partial charge in [-0.3, -0.25) is 0 Å². The average Bonchev–Trinajstić information content (AvgIpc) is 2.03. The highest BCUT2D eigenvalue weighted by Crippen LogP contribution is 2.05. The van der Waals surface area contributed by atoms with E-state index in [1.54, 1.807) is 6.92 Å². The predicted molar refractivity (Wildman–Crippen MR) is 57.9 cm³/mol. The molecule has 0 rings (SSSR count). The molecule has 0 aromatic rings. The van der Waals surface area contributed by atoms with Gasteiger partial charge in [0, 0.05) is 5.57 Å². The molecule has 0 aliphatic carbocycles. The topological polar surface area (TPSA) is 26.3 Å². The van der Waals surface area contributed by atoms with Crippen molar-refractivity contribution < 1.29 is 14.0 Å². The Kier molecular flexibility index (Phi) is 4.85. The third-order valence-electron chi connectivity index (χ3n) is 2.65. The quantitative estimate of drug-likeness (QED) is 0.383. The van der Waals surface area contributed by atoms with Crippen LogP contribution < -0.4 is 0 Å². The van der Waals surface area contributed by atoms with Crippen LogP contribution in [0.5, 0.6) is 0 Å². The fraction of sp³-hybridized carbons (Fsp3) is 0.727. The summed E-state index contributed by atoms with van der Waals surface area (Å²) in [5.41, 5.74) is 0.458. The van der Waals surface area contributed by atoms with E-state index in [0.29, 0.717) is 18.2 Å². The van der Waals surface area contributed by atoms with Crippen LogP contribution in [0.25, 0.3) is 0 Å². The zero-order valence-electron chi connectivity index (χ0n) is 9.96. The molecular formula is C11H22NO2+. The zero-order chi connectivity index (χ0) is 11.4. The Morgan fingerprint density at radius 1 is 1.43 bits per heavy atom. The van der Waals surface area contributed by atoms with Crippen molar-refractivity contribution in [2.24, 2.45) is 0 Å². The minimum absolute atomic E-state index is 0.297. The van der Waals surface area contributed by atoms with Gasteiger partial charge in [-0.25, -0.2) is 4.79 Å². The second kappa shape index (κ2) is 5.15. The summed E-state index contributed by atoms with van der Waals surface area (Å²) in [6.45, 7) is 10.8. The van der Waals surface area contributed by atoms with Crippen LogP contribution in [0.4, 0.5) is 0 Å². The molecule has 82 valence electrons. The molecule has 3 nitrogen and oxygen atoms in total. The van der Waals surface area contributed by atoms with Gasteiger partial charge in [-0.05, 0) is 20.8 Å². The van der Waals surface area contributed by atoms with Crippen LogP contribution in [0.1, 0.15) is 20.8 Å². The van der Waals surface area contributed by atoms with E-state index in [1.165, 1.54) is 0 Å². The number of rotatable bonds is 5. The lowest BCUT2D eigenvalue weighted by Gasteiger charge is -2.33. The van der Waals surface area contributed by atoms with Crippen molar-refractivity contribution in [1.29, 1.82) is 0 Å². The number of likely N-dealkylation sites (N-methyl/N-ethyl adjacent to an activating group) is 1. The number of carbonyl (C=O) groups is 1. The van der Waals surface area contributed by atoms with Crippen LogP contribution in [-0.4, -0.2) is 43.7 Å². The highest BCUT2D eigenvalue weighted by atomic mass is 16.5. The Hall–Kier alpha value is -0.830. The van der Waals surface area contributed by atoms with Crippen molar-refractivity contribution in [3.05, 3.63) is 12.2 Å². The molecule has 0 aliphatic heterocycles. The molecule has 0 atom stereocenters. The smallest absolute Gasteiger partial charge is 0.333 e. The van der Waals surface area contributed by atoms with Gasteiger partial charge < -0.3 is 9.22 Å². The van der Waals surface area contributed by atoms with Crippen molar-refractivity contribution >= 4 is 5.97 Å². The summed E-state index contributed by atoms with van der Waals surface area (Å²) in [5, 5.41) is 0. The number of ether oxygens (including phenoxy) is 1. The lowest BCUT2D eigenvalue weighted by Crippen LogP contribution is -2.48. The number of esters is 1. The van der Waals surface area contributed by atoms with Gasteiger partial charge in [0.2, 0.25) is 0 Å². The first-order valence-electron chi connectivity index (χ1n) is 4.92. The minimum atomic E-state index is -0.297. The van der Waals surface area contributed by atoms with Gasteiger partial charge >= 0.3 is 5.97 Å². The minimum Gasteiger partial charge on any atom is -0.456 e. The zero-order valence-corrected chi connectivity index (χ0v) is 9.96. The molecule has 0 heterocycles. The summed E-state index contributed by atoms with van der Waals surface area (Å²) in [6, 6.07) is 0.526. The molecular weight excluding hydrogens is 178 g/mol. The molecule has 0 fully saturated rings. The fourth-order valence-corrected chi connectivity index (χ4v) is 0.755. The molecule has 0 bridgehead atoms. The summed E-state index contributed by atoms with van der Waals surface area (Å²) in [5.74, 6) is -0.297. The molecule has 0 N–H and O–H groups in total. The molecule has 0 aromatic carbocycles. The van der Waals surface area contributed by atoms with E-state index < -0.39 is 0 Å². The first-order valence-corrected chi connectivity index (χ1v) is 4.92. The van der Waals surface area contributed by atoms with E-state index in [0.717, 1.165) is 11.0 Å². The van der Waals surface area contributed by atoms with Crippen LogP contribution >= 0.6 is 0 Å². The molecule has 14 heavy (non-hydrogen) atoms. The SMILES string of the molecule is C=C(C)C(=O)OCC[N+](C)(C)C(C)C. The number of quaternary nitrogens is 1. The average molecular weight is 200 g/mol. The van der Waals surface area contributed by atoms with Gasteiger partial charge in [0.15, 0.2) is 0 Å². The molecule has 0 amide bonds. The van der Waals surface area contributed by atoms with Crippen LogP contribution in [0.15, 0.2) is 12.2 Å². The van der Waals surface area contributed by atoms with Gasteiger partial charge in [0.05, 0.1) is 20.1 Å². The second-order valence-corrected chi connectivity index (χ2v) is 4.51. The fourth-order valence-electron chi connectivity index (χ4n) is 0.755. The third kappa shape index (κ3) is 4.42. The van der Waals surface area contributed by atoms with E-state index in [1.807, 2.05) is 0 Å². The Bertz CT molecular complexity index is 219. The second-order valence-electron chi connectivity index (χ2n) is 4.51. The number of nitrogens with zero attached hydrogens (tertiary/aromatic N) is 1. The Morgan fingerprint density at radius 2 is 1.93 bits per heavy atom. The maximum Gasteiger partial charge on any atom is 0.333 e. The molecule has 0 unspecified atom stereocenters. The first-order chi connectivity index (χ1) is 6.27. The van der Waals surface area contributed by atoms with Crippen molar-refractivity contribution in [1.82, 2.24) is 0 Å². The third-order valence-corrected chi connectivity index (χ3v) is 2.65. The van der Waals surface area contributed by atoms with Crippen LogP contribution in [0, 0.1) is 0 Å². The highest BCUT2D eigenvalue weighted by molar-refractivity contribution is 5.86. The molecule has 3 heteroatoms. The number of carbonyl (C=O) groups excluding carboxylic acids is 1. The maximum atomic E-state index is 11.1. The van der Waals surface area contributed by atoms with Crippen LogP contribution in [0.2, 0.25) is 0 Å². The largest absolute Gasteiger partial charge is 0.456 e. The standard InChI is InChI=1S/C11H22NO2/c1-9(2)11(13)14-8-7-12(5,6)10(3)4/h10H,1,7-8H2,2-6H3/q+1. The van der Waals surface area contributed by atoms with Crippen molar-refractivity contribution in [2.45, 2.75) is 26.8 Å². The lowest BCUT2D eigenvalue weighted by atomic mass is 10.3. The lowest BCUT2D eigenvalue weighted by molar-refractivity contribution is -0.911. The Balaban J connectivity index is 3.85. The summed E-state index contributed by atoms with van der Waals surface area (Å²) in [6.07, 6.45) is 0. The molecule has 0 saturated carbocycles. The normalized spacial score (nSPS) is 11.6. The summed E-state index contributed by atoms with van der Waals surface area (Å²) in [7, 11) is 4.25. The number of hydrogen-bond donors (Lipinski definition) is 0. The van der Waals surface area contributed by atoms with Gasteiger partial charge in [-0.15, -0.1) is 0 Å². The molecule has 0 saturated heterocycles. The highest BCUT2D eigenvalue weighted by Gasteiger charge is 2.19. The molecule has 0 spiro atoms. The van der Waals surface area contributed by atoms with Crippen LogP contribution in [0.3, 0.4) is 0 Å². The Morgan fingerprint density at radius 3 is 2.29 bits per heavy atom. The van der Waals surface area contributed by atoms with Crippen molar-refractivity contribution in [3.63, 3.8) is 0 Å². The maximum absolute atomic E-state index is 11.1. The summed E-state index contributed by atoms with van der Waals surface area (Å²) >= 11 is 0. The van der Waals surface area contributed by atoms with Gasteiger partial charge in [-0.2, -0.15) is 0 Å². The van der Waals surface area contributed by atoms with E-state index in [4.69, 9.17) is 4.74 Å². The van der Waals surface area contributed by atoms with E-state index in [9.17, 15) is 4.79 Å². The van der Waals surface area contributed by atoms with Gasteiger partial charge in [0.25, 0.3) is 0 Å². The van der Waals surface area contributed by atoms with Gasteiger partial charge in [0.1, 0.15) is 13.2 Å². The first kappa shape index (κ1) is 13.2. The summed E-state index contributed by atoms with van der Waals surface area (Å²) < 4.78 is 5.89. The van der Waals surface area contributed by atoms with E-state index in [2.05, 4.69) is 34.5 Å². The monoisotopic (exact) mass is 200 g/mol. The van der Waals surface area contributed by atoms with Gasteiger partial charge in [-0.1, -0.05) is 6.58 Å². The van der Waals surface area contributed by atoms with E-state index >= 15 is 0 Å². The molecule has 0 aromatic heterocycles. The van der Waals surface area contributed by atoms with Crippen LogP contribution in [-0.2, 0) is 9.53 Å². The molecule has 0 radical (unpaired) electrons. The Labute approximate surface area is 86.9 Å². The van der Waals surface area contributed by atoms with Crippen molar-refractivity contribution in [2.75, 3.05) is 27.2 Å². The molecule has 0 aliphatic rings. The summed E-state index contributed by atoms with van der Waals surface area (Å²) in [4.78, 5) is 11.1. The number of hydrogen-bond acceptors (Lipinski definition) is 2. The predicted octanol–water partition coefficient (Wildman–Crippen LogP) is 1.59.